The molecule has 106 valence electrons. The number of aromatic hydroxyl groups is 1. The fourth-order valence-corrected chi connectivity index (χ4v) is 3.07. The van der Waals surface area contributed by atoms with Gasteiger partial charge in [0.15, 0.2) is 0 Å². The van der Waals surface area contributed by atoms with E-state index in [-0.39, 0.29) is 5.75 Å². The van der Waals surface area contributed by atoms with Gasteiger partial charge in [-0.15, -0.1) is 11.3 Å². The third-order valence-electron chi connectivity index (χ3n) is 3.06. The SMILES string of the molecule is O=C(O)c1cccc2sc(COc3ccc(O)cc3)cc12. The van der Waals surface area contributed by atoms with Crippen LogP contribution in [-0.4, -0.2) is 16.2 Å². The molecule has 0 amide bonds. The molecule has 0 radical (unpaired) electrons. The lowest BCUT2D eigenvalue weighted by molar-refractivity contribution is 0.0699. The van der Waals surface area contributed by atoms with E-state index in [1.807, 2.05) is 12.1 Å². The topological polar surface area (TPSA) is 66.8 Å². The number of thiophene rings is 1. The Kier molecular flexibility index (Phi) is 3.50. The third-order valence-corrected chi connectivity index (χ3v) is 4.13. The number of carboxylic acid groups (broad SMARTS) is 1. The Bertz CT molecular complexity index is 790. The summed E-state index contributed by atoms with van der Waals surface area (Å²) >= 11 is 1.51. The Balaban J connectivity index is 1.83. The number of rotatable bonds is 4. The van der Waals surface area contributed by atoms with Gasteiger partial charge >= 0.3 is 5.97 Å². The molecule has 0 saturated heterocycles. The first-order chi connectivity index (χ1) is 10.1. The van der Waals surface area contributed by atoms with Crippen LogP contribution in [0.25, 0.3) is 10.1 Å². The highest BCUT2D eigenvalue weighted by molar-refractivity contribution is 7.19. The molecule has 0 spiro atoms. The minimum absolute atomic E-state index is 0.190. The molecule has 0 bridgehead atoms. The van der Waals surface area contributed by atoms with E-state index in [1.165, 1.54) is 11.3 Å². The second kappa shape index (κ2) is 5.46. The normalized spacial score (nSPS) is 10.7. The molecule has 21 heavy (non-hydrogen) atoms. The van der Waals surface area contributed by atoms with Gasteiger partial charge < -0.3 is 14.9 Å². The van der Waals surface area contributed by atoms with Gasteiger partial charge in [-0.2, -0.15) is 0 Å². The Hall–Kier alpha value is -2.53. The standard InChI is InChI=1S/C16H12O4S/c17-10-4-6-11(7-5-10)20-9-12-8-14-13(16(18)19)2-1-3-15(14)21-12/h1-8,17H,9H2,(H,18,19). The van der Waals surface area contributed by atoms with Gasteiger partial charge in [0.25, 0.3) is 0 Å². The van der Waals surface area contributed by atoms with Crippen molar-refractivity contribution in [3.63, 3.8) is 0 Å². The molecule has 0 unspecified atom stereocenters. The lowest BCUT2D eigenvalue weighted by Gasteiger charge is -2.03. The zero-order chi connectivity index (χ0) is 14.8. The lowest BCUT2D eigenvalue weighted by atomic mass is 10.1. The molecule has 0 saturated carbocycles. The average molecular weight is 300 g/mol. The number of phenols is 1. The van der Waals surface area contributed by atoms with Gasteiger partial charge in [-0.25, -0.2) is 4.79 Å². The Labute approximate surface area is 124 Å². The summed E-state index contributed by atoms with van der Waals surface area (Å²) in [5, 5.41) is 19.1. The molecule has 0 aliphatic rings. The van der Waals surface area contributed by atoms with E-state index in [9.17, 15) is 15.0 Å². The number of aromatic carboxylic acids is 1. The van der Waals surface area contributed by atoms with Crippen LogP contribution in [0.1, 0.15) is 15.2 Å². The van der Waals surface area contributed by atoms with Gasteiger partial charge in [0.2, 0.25) is 0 Å². The van der Waals surface area contributed by atoms with Gasteiger partial charge in [-0.05, 0) is 42.5 Å². The highest BCUT2D eigenvalue weighted by Crippen LogP contribution is 2.29. The van der Waals surface area contributed by atoms with Crippen LogP contribution in [0, 0.1) is 0 Å². The van der Waals surface area contributed by atoms with Crippen molar-refractivity contribution >= 4 is 27.4 Å². The molecule has 0 atom stereocenters. The first-order valence-electron chi connectivity index (χ1n) is 6.30. The minimum atomic E-state index is -0.926. The van der Waals surface area contributed by atoms with Crippen LogP contribution in [0.3, 0.4) is 0 Å². The van der Waals surface area contributed by atoms with Gasteiger partial charge in [0, 0.05) is 15.0 Å². The van der Waals surface area contributed by atoms with Crippen molar-refractivity contribution in [3.8, 4) is 11.5 Å². The molecule has 1 aromatic heterocycles. The van der Waals surface area contributed by atoms with Crippen molar-refractivity contribution < 1.29 is 19.7 Å². The van der Waals surface area contributed by atoms with E-state index in [2.05, 4.69) is 0 Å². The van der Waals surface area contributed by atoms with Gasteiger partial charge in [-0.3, -0.25) is 0 Å². The van der Waals surface area contributed by atoms with Crippen LogP contribution >= 0.6 is 11.3 Å². The zero-order valence-corrected chi connectivity index (χ0v) is 11.8. The van der Waals surface area contributed by atoms with Crippen molar-refractivity contribution in [2.75, 3.05) is 0 Å². The Morgan fingerprint density at radius 2 is 1.90 bits per heavy atom. The lowest BCUT2D eigenvalue weighted by Crippen LogP contribution is -1.95. The number of fused-ring (bicyclic) bond motifs is 1. The number of hydrogen-bond acceptors (Lipinski definition) is 4. The summed E-state index contributed by atoms with van der Waals surface area (Å²) in [6.45, 7) is 0.364. The van der Waals surface area contributed by atoms with Crippen molar-refractivity contribution in [2.45, 2.75) is 6.61 Å². The molecule has 0 fully saturated rings. The largest absolute Gasteiger partial charge is 0.508 e. The van der Waals surface area contributed by atoms with E-state index in [0.29, 0.717) is 17.9 Å². The van der Waals surface area contributed by atoms with Gasteiger partial charge in [-0.1, -0.05) is 6.07 Å². The molecule has 3 aromatic rings. The minimum Gasteiger partial charge on any atom is -0.508 e. The second-order valence-corrected chi connectivity index (χ2v) is 5.69. The highest BCUT2D eigenvalue weighted by atomic mass is 32.1. The maximum atomic E-state index is 11.2. The average Bonchev–Trinajstić information content (AvgIpc) is 2.89. The van der Waals surface area contributed by atoms with E-state index in [1.54, 1.807) is 36.4 Å². The van der Waals surface area contributed by atoms with Gasteiger partial charge in [0.1, 0.15) is 18.1 Å². The van der Waals surface area contributed by atoms with Crippen LogP contribution < -0.4 is 4.74 Å². The number of benzene rings is 2. The van der Waals surface area contributed by atoms with E-state index >= 15 is 0 Å². The molecule has 2 N–H and O–H groups in total. The van der Waals surface area contributed by atoms with E-state index in [0.717, 1.165) is 15.0 Å². The Morgan fingerprint density at radius 3 is 2.62 bits per heavy atom. The van der Waals surface area contributed by atoms with Crippen molar-refractivity contribution in [2.24, 2.45) is 0 Å². The fraction of sp³-hybridized carbons (Fsp3) is 0.0625. The maximum absolute atomic E-state index is 11.2. The van der Waals surface area contributed by atoms with Crippen molar-refractivity contribution in [1.82, 2.24) is 0 Å². The number of phenolic OH excluding ortho intramolecular Hbond substituents is 1. The van der Waals surface area contributed by atoms with E-state index < -0.39 is 5.97 Å². The summed E-state index contributed by atoms with van der Waals surface area (Å²) in [7, 11) is 0. The molecular weight excluding hydrogens is 288 g/mol. The monoisotopic (exact) mass is 300 g/mol. The van der Waals surface area contributed by atoms with Crippen molar-refractivity contribution in [3.05, 3.63) is 59.0 Å². The molecule has 4 nitrogen and oxygen atoms in total. The zero-order valence-electron chi connectivity index (χ0n) is 10.9. The van der Waals surface area contributed by atoms with Crippen LogP contribution in [-0.2, 0) is 6.61 Å². The molecule has 5 heteroatoms. The third kappa shape index (κ3) is 2.83. The predicted molar refractivity (Wildman–Crippen MR) is 81.2 cm³/mol. The summed E-state index contributed by atoms with van der Waals surface area (Å²) in [5.74, 6) is -0.0802. The molecule has 1 heterocycles. The number of ether oxygens (including phenoxy) is 1. The summed E-state index contributed by atoms with van der Waals surface area (Å²) in [6.07, 6.45) is 0. The number of hydrogen-bond donors (Lipinski definition) is 2. The summed E-state index contributed by atoms with van der Waals surface area (Å²) in [6, 6.07) is 13.6. The summed E-state index contributed by atoms with van der Waals surface area (Å²) < 4.78 is 6.56. The maximum Gasteiger partial charge on any atom is 0.336 e. The number of carboxylic acids is 1. The van der Waals surface area contributed by atoms with Crippen LogP contribution in [0.5, 0.6) is 11.5 Å². The van der Waals surface area contributed by atoms with Crippen LogP contribution in [0.2, 0.25) is 0 Å². The molecular formula is C16H12O4S. The van der Waals surface area contributed by atoms with Crippen LogP contribution in [0.15, 0.2) is 48.5 Å². The van der Waals surface area contributed by atoms with E-state index in [4.69, 9.17) is 4.74 Å². The first-order valence-corrected chi connectivity index (χ1v) is 7.12. The molecule has 3 rings (SSSR count). The quantitative estimate of drug-likeness (QED) is 0.767. The smallest absolute Gasteiger partial charge is 0.336 e. The Morgan fingerprint density at radius 1 is 1.14 bits per heavy atom. The molecule has 0 aliphatic carbocycles. The molecule has 2 aromatic carbocycles. The summed E-state index contributed by atoms with van der Waals surface area (Å²) in [5.41, 5.74) is 0.305. The van der Waals surface area contributed by atoms with Gasteiger partial charge in [0.05, 0.1) is 5.56 Å². The van der Waals surface area contributed by atoms with Crippen LogP contribution in [0.4, 0.5) is 0 Å². The molecule has 0 aliphatic heterocycles. The fourth-order valence-electron chi connectivity index (χ4n) is 2.07. The van der Waals surface area contributed by atoms with Crippen molar-refractivity contribution in [1.29, 1.82) is 0 Å². The first kappa shape index (κ1) is 13.5. The number of carbonyl (C=O) groups is 1. The summed E-state index contributed by atoms with van der Waals surface area (Å²) in [4.78, 5) is 12.1. The predicted octanol–water partition coefficient (Wildman–Crippen LogP) is 3.88. The second-order valence-electron chi connectivity index (χ2n) is 4.52. The highest BCUT2D eigenvalue weighted by Gasteiger charge is 2.11.